The zero-order valence-corrected chi connectivity index (χ0v) is 13.6. The van der Waals surface area contributed by atoms with E-state index in [1.165, 1.54) is 0 Å². The van der Waals surface area contributed by atoms with Crippen molar-refractivity contribution >= 4 is 44.7 Å². The molecule has 0 fully saturated rings. The molecule has 0 bridgehead atoms. The van der Waals surface area contributed by atoms with Gasteiger partial charge in [0.25, 0.3) is 0 Å². The molecule has 28 heavy (non-hydrogen) atoms. The van der Waals surface area contributed by atoms with Gasteiger partial charge in [-0.05, 0) is 0 Å². The molecule has 0 radical (unpaired) electrons. The van der Waals surface area contributed by atoms with Crippen molar-refractivity contribution in [1.29, 1.82) is 21.0 Å². The van der Waals surface area contributed by atoms with E-state index in [9.17, 15) is 21.0 Å². The molecule has 0 atom stereocenters. The minimum absolute atomic E-state index is 0.0602. The van der Waals surface area contributed by atoms with Gasteiger partial charge >= 0.3 is 0 Å². The van der Waals surface area contributed by atoms with E-state index in [2.05, 4.69) is 29.9 Å². The van der Waals surface area contributed by atoms with E-state index in [0.29, 0.717) is 0 Å². The lowest BCUT2D eigenvalue weighted by Crippen LogP contribution is -2.06. The second-order valence-corrected chi connectivity index (χ2v) is 5.37. The Balaban J connectivity index is 2.40. The van der Waals surface area contributed by atoms with E-state index in [-0.39, 0.29) is 67.5 Å². The molecule has 3 heterocycles. The van der Waals surface area contributed by atoms with Crippen LogP contribution in [0, 0.1) is 45.3 Å². The van der Waals surface area contributed by atoms with Crippen molar-refractivity contribution in [1.82, 2.24) is 29.9 Å². The first kappa shape index (κ1) is 16.3. The smallest absolute Gasteiger partial charge is 0.183 e. The van der Waals surface area contributed by atoms with Gasteiger partial charge in [-0.15, -0.1) is 0 Å². The fourth-order valence-electron chi connectivity index (χ4n) is 2.64. The van der Waals surface area contributed by atoms with Crippen LogP contribution < -0.4 is 11.5 Å². The maximum absolute atomic E-state index is 9.26. The number of hydrogen-bond donors (Lipinski definition) is 2. The van der Waals surface area contributed by atoms with Crippen LogP contribution >= 0.6 is 0 Å². The number of hydrogen-bond acceptors (Lipinski definition) is 12. The van der Waals surface area contributed by atoms with E-state index < -0.39 is 0 Å². The standard InChI is InChI=1S/C16H4N12/c17-1-5-6(2-18)24-10-9(23-5)11-13(27-15(21)7(3-19)25-11)14-12(10)26-8(4-20)16(22)28-14/h(H2,21,27)(H2,22,28). The van der Waals surface area contributed by atoms with Gasteiger partial charge in [0.05, 0.1) is 0 Å². The Morgan fingerprint density at radius 3 is 0.964 bits per heavy atom. The molecule has 4 aromatic rings. The molecule has 3 aromatic heterocycles. The minimum Gasteiger partial charge on any atom is -0.381 e. The van der Waals surface area contributed by atoms with Crippen LogP contribution in [-0.2, 0) is 0 Å². The minimum atomic E-state index is -0.239. The normalized spacial score (nSPS) is 10.3. The van der Waals surface area contributed by atoms with Crippen LogP contribution in [0.1, 0.15) is 22.8 Å². The number of fused-ring (bicyclic) bond motifs is 6. The van der Waals surface area contributed by atoms with Crippen LogP contribution in [0.4, 0.5) is 11.6 Å². The number of rotatable bonds is 0. The quantitative estimate of drug-likeness (QED) is 0.398. The number of nitrogens with zero attached hydrogens (tertiary/aromatic N) is 10. The first-order valence-electron chi connectivity index (χ1n) is 7.41. The van der Waals surface area contributed by atoms with E-state index in [0.717, 1.165) is 0 Å². The van der Waals surface area contributed by atoms with Gasteiger partial charge in [0, 0.05) is 0 Å². The second-order valence-electron chi connectivity index (χ2n) is 5.37. The summed E-state index contributed by atoms with van der Waals surface area (Å²) in [5.41, 5.74) is 11.3. The summed E-state index contributed by atoms with van der Waals surface area (Å²) in [5.74, 6) is -0.301. The molecule has 0 saturated heterocycles. The van der Waals surface area contributed by atoms with E-state index in [1.54, 1.807) is 12.1 Å². The van der Waals surface area contributed by atoms with Crippen molar-refractivity contribution in [3.8, 4) is 24.3 Å². The van der Waals surface area contributed by atoms with Crippen LogP contribution in [0.25, 0.3) is 33.1 Å². The Hall–Kier alpha value is -5.20. The van der Waals surface area contributed by atoms with Gasteiger partial charge in [-0.2, -0.15) is 21.0 Å². The van der Waals surface area contributed by atoms with Crippen LogP contribution in [-0.4, -0.2) is 29.9 Å². The maximum Gasteiger partial charge on any atom is 0.183 e. The van der Waals surface area contributed by atoms with Crippen molar-refractivity contribution < 1.29 is 0 Å². The molecule has 0 unspecified atom stereocenters. The molecule has 0 amide bonds. The van der Waals surface area contributed by atoms with Crippen molar-refractivity contribution in [3.63, 3.8) is 0 Å². The summed E-state index contributed by atoms with van der Waals surface area (Å²) in [6.45, 7) is 0. The highest BCUT2D eigenvalue weighted by Gasteiger charge is 2.21. The van der Waals surface area contributed by atoms with Gasteiger partial charge in [0.1, 0.15) is 57.4 Å². The SMILES string of the molecule is N#Cc1nc2c(nc1N)c1nc(N)c(C#N)nc1c1nc(C#N)c(C#N)nc21. The topological polar surface area (TPSA) is 225 Å². The summed E-state index contributed by atoms with van der Waals surface area (Å²) in [6, 6.07) is 7.19. The summed E-state index contributed by atoms with van der Waals surface area (Å²) in [7, 11) is 0. The van der Waals surface area contributed by atoms with Crippen LogP contribution in [0.2, 0.25) is 0 Å². The predicted molar refractivity (Wildman–Crippen MR) is 93.4 cm³/mol. The Kier molecular flexibility index (Phi) is 3.29. The number of aromatic nitrogens is 6. The summed E-state index contributed by atoms with van der Waals surface area (Å²) >= 11 is 0. The zero-order valence-electron chi connectivity index (χ0n) is 13.6. The van der Waals surface area contributed by atoms with Crippen molar-refractivity contribution in [2.75, 3.05) is 11.5 Å². The third-order valence-corrected chi connectivity index (χ3v) is 3.84. The van der Waals surface area contributed by atoms with Gasteiger partial charge in [0.15, 0.2) is 34.4 Å². The first-order chi connectivity index (χ1) is 13.5. The van der Waals surface area contributed by atoms with E-state index in [1.807, 2.05) is 12.1 Å². The lowest BCUT2D eigenvalue weighted by molar-refractivity contribution is 1.18. The molecule has 0 saturated carbocycles. The zero-order chi connectivity index (χ0) is 20.0. The van der Waals surface area contributed by atoms with Crippen molar-refractivity contribution in [2.24, 2.45) is 0 Å². The highest BCUT2D eigenvalue weighted by Crippen LogP contribution is 2.31. The number of nitrogen functional groups attached to an aromatic ring is 2. The fourth-order valence-corrected chi connectivity index (χ4v) is 2.64. The molecule has 12 nitrogen and oxygen atoms in total. The number of benzene rings is 1. The highest BCUT2D eigenvalue weighted by atomic mass is 15.0. The van der Waals surface area contributed by atoms with Crippen molar-refractivity contribution in [2.45, 2.75) is 0 Å². The predicted octanol–water partition coefficient (Wildman–Crippen LogP) is 0.167. The number of nitrogens with two attached hydrogens (primary N) is 2. The van der Waals surface area contributed by atoms with Gasteiger partial charge in [-0.25, -0.2) is 29.9 Å². The van der Waals surface area contributed by atoms with Crippen LogP contribution in [0.15, 0.2) is 0 Å². The Bertz CT molecular complexity index is 1410. The maximum atomic E-state index is 9.26. The average molecular weight is 364 g/mol. The lowest BCUT2D eigenvalue weighted by Gasteiger charge is -2.09. The van der Waals surface area contributed by atoms with Crippen LogP contribution in [0.5, 0.6) is 0 Å². The summed E-state index contributed by atoms with van der Waals surface area (Å²) in [4.78, 5) is 24.9. The van der Waals surface area contributed by atoms with E-state index >= 15 is 0 Å². The molecule has 12 heteroatoms. The molecular weight excluding hydrogens is 360 g/mol. The average Bonchev–Trinajstić information content (AvgIpc) is 2.72. The molecule has 0 spiro atoms. The third-order valence-electron chi connectivity index (χ3n) is 3.84. The Morgan fingerprint density at radius 2 is 0.679 bits per heavy atom. The van der Waals surface area contributed by atoms with Crippen molar-refractivity contribution in [3.05, 3.63) is 22.8 Å². The molecule has 1 aromatic carbocycles. The molecule has 0 aliphatic rings. The first-order valence-corrected chi connectivity index (χ1v) is 7.41. The van der Waals surface area contributed by atoms with Crippen LogP contribution in [0.3, 0.4) is 0 Å². The fraction of sp³-hybridized carbons (Fsp3) is 0. The summed E-state index contributed by atoms with van der Waals surface area (Å²) in [5, 5.41) is 36.9. The highest BCUT2D eigenvalue weighted by molar-refractivity contribution is 6.18. The molecule has 0 aliphatic heterocycles. The summed E-state index contributed by atoms with van der Waals surface area (Å²) < 4.78 is 0. The monoisotopic (exact) mass is 364 g/mol. The molecule has 0 aliphatic carbocycles. The van der Waals surface area contributed by atoms with Gasteiger partial charge < -0.3 is 11.5 Å². The Morgan fingerprint density at radius 1 is 0.429 bits per heavy atom. The molecule has 128 valence electrons. The number of nitriles is 4. The summed E-state index contributed by atoms with van der Waals surface area (Å²) in [6.07, 6.45) is 0. The lowest BCUT2D eigenvalue weighted by atomic mass is 10.1. The molecule has 4 rings (SSSR count). The molecule has 4 N–H and O–H groups in total. The van der Waals surface area contributed by atoms with Gasteiger partial charge in [-0.1, -0.05) is 0 Å². The molecular formula is C16H4N12. The number of anilines is 2. The Labute approximate surface area is 155 Å². The third kappa shape index (κ3) is 2.07. The van der Waals surface area contributed by atoms with Gasteiger partial charge in [0.2, 0.25) is 0 Å². The second kappa shape index (κ2) is 5.67. The van der Waals surface area contributed by atoms with Gasteiger partial charge in [-0.3, -0.25) is 0 Å². The van der Waals surface area contributed by atoms with E-state index in [4.69, 9.17) is 11.5 Å². The largest absolute Gasteiger partial charge is 0.381 e.